The molecule has 0 aliphatic rings. The first kappa shape index (κ1) is 20.5. The molecule has 1 aromatic heterocycles. The first-order valence-electron chi connectivity index (χ1n) is 8.27. The molecule has 11 heteroatoms. The van der Waals surface area contributed by atoms with Gasteiger partial charge in [0.1, 0.15) is 11.3 Å². The molecule has 0 bridgehead atoms. The molecule has 0 atom stereocenters. The third-order valence-corrected chi connectivity index (χ3v) is 5.23. The van der Waals surface area contributed by atoms with Crippen LogP contribution in [0.5, 0.6) is 0 Å². The normalized spacial score (nSPS) is 11.0. The summed E-state index contributed by atoms with van der Waals surface area (Å²) in [6.07, 6.45) is 2.95. The molecule has 29 heavy (non-hydrogen) atoms. The Labute approximate surface area is 174 Å². The van der Waals surface area contributed by atoms with E-state index in [0.717, 1.165) is 10.7 Å². The van der Waals surface area contributed by atoms with Crippen molar-refractivity contribution in [3.05, 3.63) is 80.6 Å². The molecule has 1 amide bonds. The second-order valence-electron chi connectivity index (χ2n) is 5.88. The number of benzene rings is 2. The fraction of sp³-hybridized carbons (Fsp3) is 0.111. The third kappa shape index (κ3) is 5.39. The summed E-state index contributed by atoms with van der Waals surface area (Å²) in [6.45, 7) is 0. The zero-order valence-corrected chi connectivity index (χ0v) is 16.7. The summed E-state index contributed by atoms with van der Waals surface area (Å²) < 4.78 is 1.83. The lowest BCUT2D eigenvalue weighted by Crippen LogP contribution is -2.17. The lowest BCUT2D eigenvalue weighted by molar-refractivity contribution is -0.384. The fourth-order valence-corrected chi connectivity index (χ4v) is 3.31. The molecule has 148 valence electrons. The van der Waals surface area contributed by atoms with Crippen molar-refractivity contribution < 1.29 is 9.72 Å². The first-order valence-corrected chi connectivity index (χ1v) is 9.63. The van der Waals surface area contributed by atoms with Gasteiger partial charge in [0, 0.05) is 30.0 Å². The number of hydrogen-bond acceptors (Lipinski definition) is 7. The Morgan fingerprint density at radius 1 is 1.34 bits per heavy atom. The van der Waals surface area contributed by atoms with Crippen molar-refractivity contribution in [2.45, 2.75) is 10.9 Å². The highest BCUT2D eigenvalue weighted by atomic mass is 35.5. The smallest absolute Gasteiger partial charge is 0.288 e. The van der Waals surface area contributed by atoms with Crippen LogP contribution in [0.3, 0.4) is 0 Å². The highest BCUT2D eigenvalue weighted by molar-refractivity contribution is 7.98. The van der Waals surface area contributed by atoms with E-state index in [1.54, 1.807) is 36.3 Å². The Bertz CT molecular complexity index is 1070. The summed E-state index contributed by atoms with van der Waals surface area (Å²) in [4.78, 5) is 22.5. The van der Waals surface area contributed by atoms with Gasteiger partial charge in [-0.2, -0.15) is 5.10 Å². The summed E-state index contributed by atoms with van der Waals surface area (Å²) in [5.74, 6) is 0.305. The maximum Gasteiger partial charge on any atom is 0.288 e. The number of hydrazone groups is 1. The van der Waals surface area contributed by atoms with Crippen molar-refractivity contribution in [1.82, 2.24) is 20.2 Å². The number of carbonyl (C=O) groups is 1. The second-order valence-corrected chi connectivity index (χ2v) is 7.23. The Hall–Kier alpha value is -3.24. The number of aryl methyl sites for hydroxylation is 1. The zero-order valence-electron chi connectivity index (χ0n) is 15.2. The van der Waals surface area contributed by atoms with Gasteiger partial charge in [-0.15, -0.1) is 10.2 Å². The predicted molar refractivity (Wildman–Crippen MR) is 110 cm³/mol. The number of nitrogens with one attached hydrogen (secondary N) is 1. The minimum Gasteiger partial charge on any atom is -0.312 e. The Kier molecular flexibility index (Phi) is 6.57. The Balaban J connectivity index is 1.57. The maximum absolute atomic E-state index is 12.2. The number of nitro groups is 1. The van der Waals surface area contributed by atoms with Gasteiger partial charge in [-0.3, -0.25) is 14.9 Å². The van der Waals surface area contributed by atoms with E-state index in [0.29, 0.717) is 16.9 Å². The summed E-state index contributed by atoms with van der Waals surface area (Å²) in [5, 5.41) is 23.4. The monoisotopic (exact) mass is 430 g/mol. The number of rotatable bonds is 7. The summed E-state index contributed by atoms with van der Waals surface area (Å²) in [7, 11) is 1.87. The van der Waals surface area contributed by atoms with E-state index < -0.39 is 10.8 Å². The maximum atomic E-state index is 12.2. The number of aromatic nitrogens is 3. The van der Waals surface area contributed by atoms with E-state index in [1.165, 1.54) is 18.3 Å². The number of nitrogens with zero attached hydrogens (tertiary/aromatic N) is 5. The van der Waals surface area contributed by atoms with Gasteiger partial charge in [0.2, 0.25) is 0 Å². The van der Waals surface area contributed by atoms with Crippen molar-refractivity contribution in [3.63, 3.8) is 0 Å². The standard InChI is InChI=1S/C18H15ClN6O3S/c1-24-11-21-23-18(24)29-10-12-2-5-14(6-3-12)17(26)22-20-9-13-4-7-15(19)16(8-13)25(27)28/h2-9,11H,10H2,1H3,(H,22,26)/b20-9+. The van der Waals surface area contributed by atoms with Gasteiger partial charge in [-0.1, -0.05) is 41.6 Å². The van der Waals surface area contributed by atoms with Gasteiger partial charge in [0.05, 0.1) is 11.1 Å². The average Bonchev–Trinajstić information content (AvgIpc) is 3.12. The van der Waals surface area contributed by atoms with E-state index in [9.17, 15) is 14.9 Å². The number of halogens is 1. The van der Waals surface area contributed by atoms with E-state index in [1.807, 2.05) is 23.7 Å². The van der Waals surface area contributed by atoms with Gasteiger partial charge in [-0.25, -0.2) is 5.43 Å². The Morgan fingerprint density at radius 2 is 2.10 bits per heavy atom. The van der Waals surface area contributed by atoms with Gasteiger partial charge < -0.3 is 4.57 Å². The van der Waals surface area contributed by atoms with Crippen molar-refractivity contribution in [3.8, 4) is 0 Å². The number of thioether (sulfide) groups is 1. The van der Waals surface area contributed by atoms with Crippen LogP contribution < -0.4 is 5.43 Å². The minimum atomic E-state index is -0.581. The van der Waals surface area contributed by atoms with Crippen molar-refractivity contribution in [2.24, 2.45) is 12.1 Å². The van der Waals surface area contributed by atoms with Crippen molar-refractivity contribution >= 4 is 41.2 Å². The van der Waals surface area contributed by atoms with E-state index in [4.69, 9.17) is 11.6 Å². The lowest BCUT2D eigenvalue weighted by atomic mass is 10.1. The fourth-order valence-electron chi connectivity index (χ4n) is 2.28. The van der Waals surface area contributed by atoms with E-state index in [2.05, 4.69) is 20.7 Å². The van der Waals surface area contributed by atoms with Crippen LogP contribution in [0.15, 0.2) is 59.0 Å². The highest BCUT2D eigenvalue weighted by Crippen LogP contribution is 2.24. The largest absolute Gasteiger partial charge is 0.312 e. The van der Waals surface area contributed by atoms with Gasteiger partial charge in [0.25, 0.3) is 11.6 Å². The predicted octanol–water partition coefficient (Wildman–Crippen LogP) is 3.43. The van der Waals surface area contributed by atoms with Gasteiger partial charge >= 0.3 is 0 Å². The Morgan fingerprint density at radius 3 is 2.76 bits per heavy atom. The van der Waals surface area contributed by atoms with Crippen molar-refractivity contribution in [1.29, 1.82) is 0 Å². The van der Waals surface area contributed by atoms with Crippen LogP contribution in [0.25, 0.3) is 0 Å². The van der Waals surface area contributed by atoms with Crippen LogP contribution in [0, 0.1) is 10.1 Å². The second kappa shape index (κ2) is 9.30. The topological polar surface area (TPSA) is 115 Å². The average molecular weight is 431 g/mol. The highest BCUT2D eigenvalue weighted by Gasteiger charge is 2.12. The van der Waals surface area contributed by atoms with Gasteiger partial charge in [-0.05, 0) is 23.8 Å². The van der Waals surface area contributed by atoms with Crippen LogP contribution in [0.4, 0.5) is 5.69 Å². The molecule has 0 saturated heterocycles. The molecule has 0 fully saturated rings. The molecule has 0 spiro atoms. The van der Waals surface area contributed by atoms with Crippen LogP contribution in [0.1, 0.15) is 21.5 Å². The van der Waals surface area contributed by atoms with Crippen LogP contribution >= 0.6 is 23.4 Å². The summed E-state index contributed by atoms with van der Waals surface area (Å²) in [5.41, 5.74) is 4.08. The molecule has 0 unspecified atom stereocenters. The third-order valence-electron chi connectivity index (χ3n) is 3.80. The summed E-state index contributed by atoms with van der Waals surface area (Å²) in [6, 6.07) is 11.3. The van der Waals surface area contributed by atoms with Crippen LogP contribution in [0.2, 0.25) is 5.02 Å². The first-order chi connectivity index (χ1) is 13.9. The lowest BCUT2D eigenvalue weighted by Gasteiger charge is -2.03. The molecule has 0 radical (unpaired) electrons. The van der Waals surface area contributed by atoms with Crippen molar-refractivity contribution in [2.75, 3.05) is 0 Å². The molecule has 0 aliphatic carbocycles. The molecular formula is C18H15ClN6O3S. The number of nitro benzene ring substituents is 1. The number of carbonyl (C=O) groups excluding carboxylic acids is 1. The van der Waals surface area contributed by atoms with E-state index in [-0.39, 0.29) is 10.7 Å². The number of hydrogen-bond donors (Lipinski definition) is 1. The SMILES string of the molecule is Cn1cnnc1SCc1ccc(C(=O)N/N=C/c2ccc(Cl)c([N+](=O)[O-])c2)cc1. The summed E-state index contributed by atoms with van der Waals surface area (Å²) >= 11 is 7.31. The van der Waals surface area contributed by atoms with Crippen LogP contribution in [-0.2, 0) is 12.8 Å². The zero-order chi connectivity index (χ0) is 20.8. The molecule has 3 aromatic rings. The molecule has 0 saturated carbocycles. The molecule has 3 rings (SSSR count). The van der Waals surface area contributed by atoms with E-state index >= 15 is 0 Å². The molecule has 9 nitrogen and oxygen atoms in total. The number of amides is 1. The van der Waals surface area contributed by atoms with Gasteiger partial charge in [0.15, 0.2) is 5.16 Å². The minimum absolute atomic E-state index is 0.0358. The van der Waals surface area contributed by atoms with Crippen LogP contribution in [-0.4, -0.2) is 31.8 Å². The molecule has 0 aliphatic heterocycles. The molecule has 1 N–H and O–H groups in total. The molecule has 1 heterocycles. The molecular weight excluding hydrogens is 416 g/mol. The quantitative estimate of drug-likeness (QED) is 0.266. The molecule has 2 aromatic carbocycles.